The zero-order valence-electron chi connectivity index (χ0n) is 20.4. The van der Waals surface area contributed by atoms with Crippen LogP contribution in [0.1, 0.15) is 27.0 Å². The van der Waals surface area contributed by atoms with Gasteiger partial charge in [-0.25, -0.2) is 4.79 Å². The third-order valence-electron chi connectivity index (χ3n) is 6.85. The van der Waals surface area contributed by atoms with Crippen LogP contribution in [-0.2, 0) is 20.1 Å². The molecule has 35 heavy (non-hydrogen) atoms. The van der Waals surface area contributed by atoms with E-state index in [1.807, 2.05) is 61.3 Å². The fourth-order valence-corrected chi connectivity index (χ4v) is 4.61. The Bertz CT molecular complexity index is 1260. The lowest BCUT2D eigenvalue weighted by Gasteiger charge is -2.32. The van der Waals surface area contributed by atoms with Gasteiger partial charge in [-0.05, 0) is 49.4 Å². The summed E-state index contributed by atoms with van der Waals surface area (Å²) in [6.07, 6.45) is 1.80. The van der Waals surface area contributed by atoms with Gasteiger partial charge in [-0.15, -0.1) is 0 Å². The van der Waals surface area contributed by atoms with Gasteiger partial charge in [0.05, 0.1) is 24.1 Å². The maximum atomic E-state index is 13.7. The summed E-state index contributed by atoms with van der Waals surface area (Å²) < 4.78 is 1.79. The van der Waals surface area contributed by atoms with E-state index in [0.29, 0.717) is 18.7 Å². The van der Waals surface area contributed by atoms with Crippen LogP contribution in [-0.4, -0.2) is 64.7 Å². The lowest BCUT2D eigenvalue weighted by molar-refractivity contribution is 0.0985. The number of carbonyl (C=O) groups excluding carboxylic acids is 2. The summed E-state index contributed by atoms with van der Waals surface area (Å²) in [4.78, 5) is 32.1. The van der Waals surface area contributed by atoms with Gasteiger partial charge >= 0.3 is 6.03 Å². The summed E-state index contributed by atoms with van der Waals surface area (Å²) in [5.41, 5.74) is 5.23. The number of urea groups is 1. The lowest BCUT2D eigenvalue weighted by Crippen LogP contribution is -2.50. The van der Waals surface area contributed by atoms with Crippen molar-refractivity contribution in [3.8, 4) is 0 Å². The second-order valence-electron chi connectivity index (χ2n) is 9.27. The molecular formula is C26H31N7O2. The fourth-order valence-electron chi connectivity index (χ4n) is 4.61. The predicted octanol–water partition coefficient (Wildman–Crippen LogP) is 3.09. The van der Waals surface area contributed by atoms with Crippen molar-refractivity contribution in [3.05, 3.63) is 70.9 Å². The molecule has 2 aromatic carbocycles. The van der Waals surface area contributed by atoms with Gasteiger partial charge in [-0.3, -0.25) is 9.48 Å². The highest BCUT2D eigenvalue weighted by atomic mass is 16.2. The highest BCUT2D eigenvalue weighted by Crippen LogP contribution is 2.36. The fraction of sp³-hybridized carbons (Fsp3) is 0.346. The van der Waals surface area contributed by atoms with Gasteiger partial charge in [0, 0.05) is 50.9 Å². The molecule has 2 aliphatic rings. The van der Waals surface area contributed by atoms with Crippen LogP contribution in [0, 0.1) is 6.92 Å². The first-order chi connectivity index (χ1) is 16.9. The highest BCUT2D eigenvalue weighted by Gasteiger charge is 2.27. The molecule has 9 nitrogen and oxygen atoms in total. The average molecular weight is 474 g/mol. The minimum absolute atomic E-state index is 0.0430. The normalized spacial score (nSPS) is 15.6. The number of aryl methyl sites for hydroxylation is 2. The number of aromatic nitrogens is 2. The third-order valence-corrected chi connectivity index (χ3v) is 6.85. The molecule has 0 aliphatic carbocycles. The average Bonchev–Trinajstić information content (AvgIpc) is 3.11. The van der Waals surface area contributed by atoms with Gasteiger partial charge in [0.2, 0.25) is 0 Å². The van der Waals surface area contributed by atoms with Crippen LogP contribution in [0.15, 0.2) is 48.7 Å². The van der Waals surface area contributed by atoms with Crippen LogP contribution in [0.25, 0.3) is 0 Å². The molecule has 0 unspecified atom stereocenters. The number of nitrogens with zero attached hydrogens (tertiary/aromatic N) is 5. The van der Waals surface area contributed by atoms with Crippen molar-refractivity contribution in [2.45, 2.75) is 20.0 Å². The van der Waals surface area contributed by atoms with Gasteiger partial charge in [-0.1, -0.05) is 18.2 Å². The molecule has 0 bridgehead atoms. The molecule has 2 N–H and O–H groups in total. The van der Waals surface area contributed by atoms with Crippen LogP contribution in [0.2, 0.25) is 0 Å². The van der Waals surface area contributed by atoms with E-state index >= 15 is 0 Å². The zero-order chi connectivity index (χ0) is 24.5. The van der Waals surface area contributed by atoms with E-state index in [0.717, 1.165) is 60.1 Å². The monoisotopic (exact) mass is 473 g/mol. The second-order valence-corrected chi connectivity index (χ2v) is 9.27. The standard InChI is InChI=1S/C26H31N7O2/c1-18-14-19(8-9-20(18)15-27-26(35)32-12-10-30(2)11-13-32)25(34)33-17-21-16-28-31(3)24(21)29-22-6-4-5-7-23(22)33/h4-9,14,16,29H,10-13,15,17H2,1-3H3,(H,27,35). The first-order valence-electron chi connectivity index (χ1n) is 11.9. The minimum atomic E-state index is -0.0768. The van der Waals surface area contributed by atoms with Gasteiger partial charge in [-0.2, -0.15) is 5.10 Å². The Kier molecular flexibility index (Phi) is 6.17. The van der Waals surface area contributed by atoms with Crippen molar-refractivity contribution >= 4 is 29.1 Å². The molecule has 2 aliphatic heterocycles. The molecule has 1 aromatic heterocycles. The number of hydrogen-bond acceptors (Lipinski definition) is 5. The van der Waals surface area contributed by atoms with Gasteiger partial charge in [0.1, 0.15) is 5.82 Å². The summed E-state index contributed by atoms with van der Waals surface area (Å²) in [5.74, 6) is 0.808. The van der Waals surface area contributed by atoms with Crippen molar-refractivity contribution in [1.29, 1.82) is 0 Å². The SMILES string of the molecule is Cc1cc(C(=O)N2Cc3cnn(C)c3Nc3ccccc32)ccc1CNC(=O)N1CCN(C)CC1. The molecule has 9 heteroatoms. The van der Waals surface area contributed by atoms with E-state index in [1.54, 1.807) is 15.8 Å². The number of fused-ring (bicyclic) bond motifs is 2. The molecule has 0 radical (unpaired) electrons. The Balaban J connectivity index is 1.33. The number of hydrogen-bond donors (Lipinski definition) is 2. The summed E-state index contributed by atoms with van der Waals surface area (Å²) in [5, 5.41) is 10.8. The lowest BCUT2D eigenvalue weighted by atomic mass is 10.0. The van der Waals surface area contributed by atoms with Crippen LogP contribution in [0.3, 0.4) is 0 Å². The first kappa shape index (κ1) is 22.9. The van der Waals surface area contributed by atoms with Gasteiger partial charge in [0.25, 0.3) is 5.91 Å². The van der Waals surface area contributed by atoms with Crippen molar-refractivity contribution < 1.29 is 9.59 Å². The molecule has 3 aromatic rings. The summed E-state index contributed by atoms with van der Waals surface area (Å²) in [6, 6.07) is 13.5. The zero-order valence-corrected chi connectivity index (χ0v) is 20.4. The predicted molar refractivity (Wildman–Crippen MR) is 136 cm³/mol. The number of anilines is 3. The Morgan fingerprint density at radius 1 is 1.06 bits per heavy atom. The van der Waals surface area contributed by atoms with Crippen LogP contribution < -0.4 is 15.5 Å². The smallest absolute Gasteiger partial charge is 0.317 e. The van der Waals surface area contributed by atoms with Crippen molar-refractivity contribution in [1.82, 2.24) is 24.9 Å². The number of benzene rings is 2. The Morgan fingerprint density at radius 3 is 2.60 bits per heavy atom. The molecule has 1 fully saturated rings. The highest BCUT2D eigenvalue weighted by molar-refractivity contribution is 6.08. The number of para-hydroxylation sites is 2. The molecule has 0 saturated carbocycles. The minimum Gasteiger partial charge on any atom is -0.338 e. The summed E-state index contributed by atoms with van der Waals surface area (Å²) in [6.45, 7) is 6.08. The van der Waals surface area contributed by atoms with E-state index in [2.05, 4.69) is 27.7 Å². The van der Waals surface area contributed by atoms with E-state index in [4.69, 9.17) is 0 Å². The van der Waals surface area contributed by atoms with Crippen molar-refractivity contribution in [2.75, 3.05) is 43.4 Å². The number of nitrogens with one attached hydrogen (secondary N) is 2. The third kappa shape index (κ3) is 4.59. The van der Waals surface area contributed by atoms with E-state index in [-0.39, 0.29) is 11.9 Å². The van der Waals surface area contributed by atoms with Gasteiger partial charge < -0.3 is 25.3 Å². The number of piperazine rings is 1. The maximum absolute atomic E-state index is 13.7. The van der Waals surface area contributed by atoms with Gasteiger partial charge in [0.15, 0.2) is 0 Å². The molecule has 1 saturated heterocycles. The molecular weight excluding hydrogens is 442 g/mol. The first-order valence-corrected chi connectivity index (χ1v) is 11.9. The van der Waals surface area contributed by atoms with Crippen LogP contribution in [0.4, 0.5) is 22.0 Å². The molecule has 0 atom stereocenters. The molecule has 182 valence electrons. The van der Waals surface area contributed by atoms with Crippen LogP contribution in [0.5, 0.6) is 0 Å². The number of carbonyl (C=O) groups is 2. The Hall–Kier alpha value is -3.85. The Morgan fingerprint density at radius 2 is 1.83 bits per heavy atom. The molecule has 5 rings (SSSR count). The number of likely N-dealkylation sites (N-methyl/N-ethyl adjacent to an activating group) is 1. The Labute approximate surface area is 205 Å². The number of amides is 3. The van der Waals surface area contributed by atoms with Crippen molar-refractivity contribution in [2.24, 2.45) is 7.05 Å². The summed E-state index contributed by atoms with van der Waals surface area (Å²) in [7, 11) is 3.95. The molecule has 3 heterocycles. The van der Waals surface area contributed by atoms with Crippen molar-refractivity contribution in [3.63, 3.8) is 0 Å². The topological polar surface area (TPSA) is 85.7 Å². The number of rotatable bonds is 3. The quantitative estimate of drug-likeness (QED) is 0.611. The maximum Gasteiger partial charge on any atom is 0.317 e. The van der Waals surface area contributed by atoms with E-state index in [9.17, 15) is 9.59 Å². The van der Waals surface area contributed by atoms with E-state index in [1.165, 1.54) is 0 Å². The molecule has 3 amide bonds. The van der Waals surface area contributed by atoms with Crippen LogP contribution >= 0.6 is 0 Å². The summed E-state index contributed by atoms with van der Waals surface area (Å²) >= 11 is 0. The van der Waals surface area contributed by atoms with E-state index < -0.39 is 0 Å². The molecule has 0 spiro atoms. The second kappa shape index (κ2) is 9.42. The largest absolute Gasteiger partial charge is 0.338 e.